The summed E-state index contributed by atoms with van der Waals surface area (Å²) in [7, 11) is 1.70. The van der Waals surface area contributed by atoms with Gasteiger partial charge in [-0.25, -0.2) is 4.68 Å². The van der Waals surface area contributed by atoms with E-state index in [1.54, 1.807) is 42.3 Å². The molecule has 9 nitrogen and oxygen atoms in total. The lowest BCUT2D eigenvalue weighted by atomic mass is 10.1. The first kappa shape index (κ1) is 32.3. The molecule has 0 aliphatic carbocycles. The minimum Gasteiger partial charge on any atom is -0.372 e. The summed E-state index contributed by atoms with van der Waals surface area (Å²) in [6, 6.07) is 17.8. The van der Waals surface area contributed by atoms with Crippen LogP contribution in [0.4, 0.5) is 30.4 Å². The van der Waals surface area contributed by atoms with Crippen molar-refractivity contribution >= 4 is 34.9 Å². The highest BCUT2D eigenvalue weighted by molar-refractivity contribution is 6.13. The zero-order chi connectivity index (χ0) is 32.8. The maximum Gasteiger partial charge on any atom is 0.416 e. The molecule has 0 unspecified atom stereocenters. The Morgan fingerprint density at radius 1 is 0.848 bits per heavy atom. The summed E-state index contributed by atoms with van der Waals surface area (Å²) >= 11 is 0. The van der Waals surface area contributed by atoms with E-state index >= 15 is 0 Å². The second-order valence-electron chi connectivity index (χ2n) is 11.2. The molecule has 240 valence electrons. The number of halogens is 3. The Hall–Kier alpha value is -5.13. The van der Waals surface area contributed by atoms with Crippen molar-refractivity contribution < 1.29 is 27.6 Å². The summed E-state index contributed by atoms with van der Waals surface area (Å²) in [6.45, 7) is 4.22. The molecule has 5 rings (SSSR count). The van der Waals surface area contributed by atoms with Crippen LogP contribution in [0.15, 0.2) is 79.0 Å². The summed E-state index contributed by atoms with van der Waals surface area (Å²) in [5.41, 5.74) is 1.24. The zero-order valence-electron chi connectivity index (χ0n) is 25.6. The van der Waals surface area contributed by atoms with Gasteiger partial charge in [-0.1, -0.05) is 19.1 Å². The predicted octanol–water partition coefficient (Wildman–Crippen LogP) is 6.87. The zero-order valence-corrected chi connectivity index (χ0v) is 25.6. The highest BCUT2D eigenvalue weighted by Gasteiger charge is 2.30. The van der Waals surface area contributed by atoms with Crippen LogP contribution >= 0.6 is 0 Å². The Morgan fingerprint density at radius 3 is 2.33 bits per heavy atom. The summed E-state index contributed by atoms with van der Waals surface area (Å²) in [6.07, 6.45) is 0.909. The highest BCUT2D eigenvalue weighted by Crippen LogP contribution is 2.31. The van der Waals surface area contributed by atoms with Gasteiger partial charge in [0.05, 0.1) is 22.5 Å². The average Bonchev–Trinajstić information content (AvgIpc) is 3.53. The molecular weight excluding hydrogens is 597 g/mol. The largest absolute Gasteiger partial charge is 0.416 e. The van der Waals surface area contributed by atoms with Crippen molar-refractivity contribution in [3.8, 4) is 5.69 Å². The van der Waals surface area contributed by atoms with Crippen LogP contribution in [0.25, 0.3) is 5.69 Å². The number of nitrogens with one attached hydrogen (secondary N) is 2. The van der Waals surface area contributed by atoms with Gasteiger partial charge in [0.2, 0.25) is 0 Å². The lowest BCUT2D eigenvalue weighted by molar-refractivity contribution is -0.137. The van der Waals surface area contributed by atoms with E-state index in [4.69, 9.17) is 0 Å². The first-order chi connectivity index (χ1) is 22.0. The van der Waals surface area contributed by atoms with Crippen molar-refractivity contribution in [1.82, 2.24) is 14.7 Å². The van der Waals surface area contributed by atoms with Crippen LogP contribution in [0, 0.1) is 0 Å². The van der Waals surface area contributed by atoms with Gasteiger partial charge >= 0.3 is 6.18 Å². The number of hydrogen-bond acceptors (Lipinski definition) is 5. The van der Waals surface area contributed by atoms with Crippen molar-refractivity contribution in [2.75, 3.05) is 42.2 Å². The van der Waals surface area contributed by atoms with Crippen molar-refractivity contribution in [3.63, 3.8) is 0 Å². The minimum absolute atomic E-state index is 0.116. The van der Waals surface area contributed by atoms with Gasteiger partial charge in [0, 0.05) is 55.8 Å². The van der Waals surface area contributed by atoms with Crippen LogP contribution < -0.4 is 15.5 Å². The first-order valence-electron chi connectivity index (χ1n) is 15.1. The molecule has 3 amide bonds. The van der Waals surface area contributed by atoms with Crippen LogP contribution in [-0.4, -0.2) is 59.1 Å². The number of carbonyl (C=O) groups is 3. The molecule has 0 radical (unpaired) electrons. The van der Waals surface area contributed by atoms with Crippen LogP contribution in [0.1, 0.15) is 69.2 Å². The van der Waals surface area contributed by atoms with Gasteiger partial charge < -0.3 is 20.4 Å². The highest BCUT2D eigenvalue weighted by atomic mass is 19.4. The maximum absolute atomic E-state index is 13.7. The molecule has 2 N–H and O–H groups in total. The average molecular weight is 633 g/mol. The molecular formula is C34H35F3N6O3. The van der Waals surface area contributed by atoms with E-state index in [-0.39, 0.29) is 34.2 Å². The van der Waals surface area contributed by atoms with Crippen molar-refractivity contribution in [2.45, 2.75) is 38.8 Å². The number of hydrogen-bond donors (Lipinski definition) is 2. The fraction of sp³-hybridized carbons (Fsp3) is 0.294. The molecule has 4 aromatic rings. The summed E-state index contributed by atoms with van der Waals surface area (Å²) in [5.74, 6) is -1.15. The minimum atomic E-state index is -4.51. The fourth-order valence-corrected chi connectivity index (χ4v) is 5.37. The molecule has 0 saturated carbocycles. The van der Waals surface area contributed by atoms with Crippen LogP contribution in [0.5, 0.6) is 0 Å². The number of aromatic nitrogens is 2. The molecule has 12 heteroatoms. The molecule has 0 bridgehead atoms. The molecule has 1 aromatic heterocycles. The lowest BCUT2D eigenvalue weighted by Crippen LogP contribution is -2.30. The second-order valence-corrected chi connectivity index (χ2v) is 11.2. The molecule has 2 heterocycles. The molecule has 46 heavy (non-hydrogen) atoms. The third-order valence-corrected chi connectivity index (χ3v) is 7.76. The number of nitrogens with zero attached hydrogens (tertiary/aromatic N) is 4. The molecule has 1 saturated heterocycles. The number of amides is 3. The third kappa shape index (κ3) is 7.56. The molecule has 0 atom stereocenters. The summed E-state index contributed by atoms with van der Waals surface area (Å²) < 4.78 is 40.9. The van der Waals surface area contributed by atoms with Gasteiger partial charge in [-0.3, -0.25) is 14.4 Å². The molecule has 1 aliphatic rings. The van der Waals surface area contributed by atoms with Crippen molar-refractivity contribution in [2.24, 2.45) is 0 Å². The monoisotopic (exact) mass is 632 g/mol. The number of rotatable bonds is 9. The van der Waals surface area contributed by atoms with Gasteiger partial charge in [0.25, 0.3) is 17.7 Å². The first-order valence-corrected chi connectivity index (χ1v) is 15.1. The van der Waals surface area contributed by atoms with E-state index in [1.807, 2.05) is 13.0 Å². The SMILES string of the molecule is CCCN(C)C(=O)c1cccc(C(=O)Nc2ccc(N3CCCCC3)cc2C(=O)Nc2ccn(-c3cccc(C(F)(F)F)c3)n2)c1. The predicted molar refractivity (Wildman–Crippen MR) is 171 cm³/mol. The fourth-order valence-electron chi connectivity index (χ4n) is 5.37. The summed E-state index contributed by atoms with van der Waals surface area (Å²) in [4.78, 5) is 43.6. The maximum atomic E-state index is 13.7. The third-order valence-electron chi connectivity index (χ3n) is 7.76. The molecule has 1 fully saturated rings. The van der Waals surface area contributed by atoms with Gasteiger partial charge in [0.15, 0.2) is 5.82 Å². The normalized spacial score (nSPS) is 13.3. The smallest absolute Gasteiger partial charge is 0.372 e. The van der Waals surface area contributed by atoms with E-state index in [2.05, 4.69) is 20.6 Å². The Balaban J connectivity index is 1.40. The molecule has 0 spiro atoms. The Kier molecular flexibility index (Phi) is 9.74. The number of benzene rings is 3. The number of carbonyl (C=O) groups excluding carboxylic acids is 3. The van der Waals surface area contributed by atoms with Gasteiger partial charge in [-0.05, 0) is 80.3 Å². The number of alkyl halides is 3. The van der Waals surface area contributed by atoms with Crippen LogP contribution in [0.2, 0.25) is 0 Å². The van der Waals surface area contributed by atoms with E-state index in [9.17, 15) is 27.6 Å². The van der Waals surface area contributed by atoms with E-state index < -0.39 is 23.6 Å². The van der Waals surface area contributed by atoms with Gasteiger partial charge in [-0.15, -0.1) is 0 Å². The van der Waals surface area contributed by atoms with E-state index in [0.717, 1.165) is 56.6 Å². The quantitative estimate of drug-likeness (QED) is 0.210. The lowest BCUT2D eigenvalue weighted by Gasteiger charge is -2.29. The van der Waals surface area contributed by atoms with Crippen molar-refractivity contribution in [3.05, 3.63) is 101 Å². The van der Waals surface area contributed by atoms with Gasteiger partial charge in [0.1, 0.15) is 0 Å². The van der Waals surface area contributed by atoms with E-state index in [1.165, 1.54) is 35.1 Å². The number of anilines is 3. The number of piperidine rings is 1. The Bertz CT molecular complexity index is 1730. The van der Waals surface area contributed by atoms with Crippen LogP contribution in [-0.2, 0) is 6.18 Å². The Morgan fingerprint density at radius 2 is 1.59 bits per heavy atom. The van der Waals surface area contributed by atoms with Crippen molar-refractivity contribution in [1.29, 1.82) is 0 Å². The Labute approximate surface area is 265 Å². The summed E-state index contributed by atoms with van der Waals surface area (Å²) in [5, 5.41) is 9.79. The second kappa shape index (κ2) is 13.9. The van der Waals surface area contributed by atoms with Gasteiger partial charge in [-0.2, -0.15) is 18.3 Å². The van der Waals surface area contributed by atoms with E-state index in [0.29, 0.717) is 12.1 Å². The standard InChI is InChI=1S/C34H35F3N6O3/c1-3-16-41(2)33(46)24-10-7-9-23(20-24)31(44)38-29-14-13-26(42-17-5-4-6-18-42)22-28(29)32(45)39-30-15-19-43(40-30)27-12-8-11-25(21-27)34(35,36)37/h7-15,19-22H,3-6,16-18H2,1-2H3,(H,38,44)(H,39,40,45). The molecule has 3 aromatic carbocycles. The molecule has 1 aliphatic heterocycles. The van der Waals surface area contributed by atoms with Crippen LogP contribution in [0.3, 0.4) is 0 Å². The topological polar surface area (TPSA) is 99.6 Å².